The van der Waals surface area contributed by atoms with Gasteiger partial charge in [0.1, 0.15) is 16.5 Å². The lowest BCUT2D eigenvalue weighted by Gasteiger charge is -2.03. The van der Waals surface area contributed by atoms with Crippen molar-refractivity contribution in [3.63, 3.8) is 0 Å². The number of pyridine rings is 1. The van der Waals surface area contributed by atoms with Gasteiger partial charge in [-0.25, -0.2) is 9.97 Å². The summed E-state index contributed by atoms with van der Waals surface area (Å²) >= 11 is 1.42. The Labute approximate surface area is 159 Å². The zero-order valence-corrected chi connectivity index (χ0v) is 15.9. The second-order valence-corrected chi connectivity index (χ2v) is 6.88. The molecule has 0 aliphatic carbocycles. The normalized spacial score (nSPS) is 10.9. The van der Waals surface area contributed by atoms with E-state index in [0.29, 0.717) is 11.4 Å². The average molecular weight is 379 g/mol. The maximum atomic E-state index is 12.5. The van der Waals surface area contributed by atoms with Crippen LogP contribution in [-0.2, 0) is 7.05 Å². The van der Waals surface area contributed by atoms with Crippen LogP contribution in [0.15, 0.2) is 41.9 Å². The Morgan fingerprint density at radius 2 is 2.04 bits per heavy atom. The lowest BCUT2D eigenvalue weighted by atomic mass is 10.2. The zero-order valence-electron chi connectivity index (χ0n) is 15.1. The summed E-state index contributed by atoms with van der Waals surface area (Å²) in [6, 6.07) is 9.45. The molecule has 3 aromatic heterocycles. The number of carbonyl (C=O) groups excluding carboxylic acids is 1. The van der Waals surface area contributed by atoms with E-state index in [2.05, 4.69) is 20.4 Å². The van der Waals surface area contributed by atoms with Gasteiger partial charge in [-0.05, 0) is 37.3 Å². The molecule has 1 amide bonds. The number of anilines is 1. The maximum absolute atomic E-state index is 12.5. The minimum atomic E-state index is -0.270. The predicted molar refractivity (Wildman–Crippen MR) is 105 cm³/mol. The number of hydrogen-bond donors (Lipinski definition) is 1. The number of carbonyl (C=O) groups is 1. The topological polar surface area (TPSA) is 81.9 Å². The number of thiazole rings is 1. The van der Waals surface area contributed by atoms with Gasteiger partial charge in [0.25, 0.3) is 5.91 Å². The fourth-order valence-electron chi connectivity index (χ4n) is 2.82. The molecule has 1 N–H and O–H groups in total. The van der Waals surface area contributed by atoms with Gasteiger partial charge in [0.15, 0.2) is 5.65 Å². The number of hydrogen-bond acceptors (Lipinski definition) is 6. The quantitative estimate of drug-likeness (QED) is 0.585. The zero-order chi connectivity index (χ0) is 19.0. The molecule has 8 heteroatoms. The van der Waals surface area contributed by atoms with Gasteiger partial charge in [0.2, 0.25) is 0 Å². The third-order valence-corrected chi connectivity index (χ3v) is 5.09. The van der Waals surface area contributed by atoms with Gasteiger partial charge in [-0.1, -0.05) is 0 Å². The van der Waals surface area contributed by atoms with E-state index < -0.39 is 0 Å². The van der Waals surface area contributed by atoms with Crippen molar-refractivity contribution in [1.82, 2.24) is 19.7 Å². The van der Waals surface area contributed by atoms with Crippen molar-refractivity contribution in [1.29, 1.82) is 0 Å². The summed E-state index contributed by atoms with van der Waals surface area (Å²) < 4.78 is 6.88. The van der Waals surface area contributed by atoms with Gasteiger partial charge in [-0.2, -0.15) is 5.10 Å². The van der Waals surface area contributed by atoms with E-state index in [4.69, 9.17) is 4.74 Å². The van der Waals surface area contributed by atoms with E-state index in [1.807, 2.05) is 44.3 Å². The molecule has 4 rings (SSSR count). The fourth-order valence-corrected chi connectivity index (χ4v) is 3.62. The number of nitrogens with one attached hydrogen (secondary N) is 1. The molecule has 3 heterocycles. The van der Waals surface area contributed by atoms with E-state index in [9.17, 15) is 4.79 Å². The third kappa shape index (κ3) is 3.26. The summed E-state index contributed by atoms with van der Waals surface area (Å²) in [4.78, 5) is 21.4. The van der Waals surface area contributed by atoms with Gasteiger partial charge in [0.05, 0.1) is 24.7 Å². The van der Waals surface area contributed by atoms with Crippen LogP contribution in [0.3, 0.4) is 0 Å². The van der Waals surface area contributed by atoms with Crippen LogP contribution in [0.25, 0.3) is 21.6 Å². The Morgan fingerprint density at radius 1 is 1.26 bits per heavy atom. The number of amides is 1. The molecular formula is C19H17N5O2S. The van der Waals surface area contributed by atoms with Crippen molar-refractivity contribution >= 4 is 34.0 Å². The molecule has 4 aromatic rings. The number of methoxy groups -OCH3 is 1. The number of ether oxygens (including phenoxy) is 1. The van der Waals surface area contributed by atoms with Gasteiger partial charge in [0, 0.05) is 23.4 Å². The molecule has 7 nitrogen and oxygen atoms in total. The van der Waals surface area contributed by atoms with Crippen molar-refractivity contribution in [2.24, 2.45) is 7.05 Å². The molecule has 0 atom stereocenters. The van der Waals surface area contributed by atoms with Gasteiger partial charge in [-0.3, -0.25) is 9.48 Å². The number of fused-ring (bicyclic) bond motifs is 1. The second-order valence-electron chi connectivity index (χ2n) is 6.02. The van der Waals surface area contributed by atoms with Gasteiger partial charge in [-0.15, -0.1) is 11.3 Å². The molecule has 27 heavy (non-hydrogen) atoms. The van der Waals surface area contributed by atoms with Crippen LogP contribution in [-0.4, -0.2) is 32.8 Å². The number of nitrogens with zero attached hydrogens (tertiary/aromatic N) is 4. The lowest BCUT2D eigenvalue weighted by Crippen LogP contribution is -2.12. The van der Waals surface area contributed by atoms with Crippen molar-refractivity contribution < 1.29 is 9.53 Å². The van der Waals surface area contributed by atoms with Crippen molar-refractivity contribution in [3.05, 3.63) is 53.3 Å². The number of benzene rings is 1. The molecule has 0 aliphatic heterocycles. The summed E-state index contributed by atoms with van der Waals surface area (Å²) in [5.41, 5.74) is 3.57. The van der Waals surface area contributed by atoms with E-state index in [-0.39, 0.29) is 5.91 Å². The van der Waals surface area contributed by atoms with Gasteiger partial charge < -0.3 is 10.1 Å². The van der Waals surface area contributed by atoms with Gasteiger partial charge >= 0.3 is 0 Å². The highest BCUT2D eigenvalue weighted by Crippen LogP contribution is 2.26. The number of rotatable bonds is 4. The summed E-state index contributed by atoms with van der Waals surface area (Å²) in [5.74, 6) is 0.510. The van der Waals surface area contributed by atoms with E-state index in [1.165, 1.54) is 11.3 Å². The molecule has 0 unspecified atom stereocenters. The molecule has 0 bridgehead atoms. The molecule has 0 saturated heterocycles. The Kier molecular flexibility index (Phi) is 4.33. The largest absolute Gasteiger partial charge is 0.497 e. The Hall–Kier alpha value is -3.26. The average Bonchev–Trinajstić information content (AvgIpc) is 3.27. The second kappa shape index (κ2) is 6.81. The summed E-state index contributed by atoms with van der Waals surface area (Å²) in [7, 11) is 3.47. The molecule has 0 fully saturated rings. The van der Waals surface area contributed by atoms with Crippen LogP contribution in [0.5, 0.6) is 5.75 Å². The van der Waals surface area contributed by atoms with Crippen LogP contribution in [0, 0.1) is 6.92 Å². The number of aromatic nitrogens is 4. The Bertz CT molecular complexity index is 1130. The first-order chi connectivity index (χ1) is 13.0. The molecule has 0 saturated carbocycles. The van der Waals surface area contributed by atoms with Crippen LogP contribution in [0.1, 0.15) is 16.2 Å². The predicted octanol–water partition coefficient (Wildman–Crippen LogP) is 3.66. The van der Waals surface area contributed by atoms with Crippen LogP contribution in [0.4, 0.5) is 5.69 Å². The van der Waals surface area contributed by atoms with Crippen LogP contribution >= 0.6 is 11.3 Å². The molecule has 1 aromatic carbocycles. The lowest BCUT2D eigenvalue weighted by molar-refractivity contribution is 0.102. The standard InChI is InChI=1S/C19H17N5O2S/c1-11-15-8-13(9-20-17(15)24(2)23-11)21-18(25)16-10-27-19(22-16)12-4-6-14(26-3)7-5-12/h4-10H,1-3H3,(H,21,25). The molecule has 0 spiro atoms. The highest BCUT2D eigenvalue weighted by Gasteiger charge is 2.14. The number of aryl methyl sites for hydroxylation is 2. The first-order valence-electron chi connectivity index (χ1n) is 8.26. The van der Waals surface area contributed by atoms with Crippen molar-refractivity contribution in [3.8, 4) is 16.3 Å². The minimum Gasteiger partial charge on any atom is -0.497 e. The molecular weight excluding hydrogens is 362 g/mol. The molecule has 136 valence electrons. The van der Waals surface area contributed by atoms with E-state index >= 15 is 0 Å². The first kappa shape index (κ1) is 17.2. The monoisotopic (exact) mass is 379 g/mol. The van der Waals surface area contributed by atoms with E-state index in [1.54, 1.807) is 23.4 Å². The first-order valence-corrected chi connectivity index (χ1v) is 9.14. The van der Waals surface area contributed by atoms with Crippen molar-refractivity contribution in [2.45, 2.75) is 6.92 Å². The minimum absolute atomic E-state index is 0.270. The van der Waals surface area contributed by atoms with Crippen LogP contribution < -0.4 is 10.1 Å². The van der Waals surface area contributed by atoms with E-state index in [0.717, 1.165) is 33.0 Å². The highest BCUT2D eigenvalue weighted by molar-refractivity contribution is 7.13. The summed E-state index contributed by atoms with van der Waals surface area (Å²) in [5, 5.41) is 10.6. The molecule has 0 aliphatic rings. The Morgan fingerprint density at radius 3 is 2.78 bits per heavy atom. The maximum Gasteiger partial charge on any atom is 0.275 e. The fraction of sp³-hybridized carbons (Fsp3) is 0.158. The SMILES string of the molecule is COc1ccc(-c2nc(C(=O)Nc3cnc4c(c3)c(C)nn4C)cs2)cc1. The summed E-state index contributed by atoms with van der Waals surface area (Å²) in [6.07, 6.45) is 1.62. The third-order valence-electron chi connectivity index (χ3n) is 4.19. The smallest absolute Gasteiger partial charge is 0.275 e. The molecule has 0 radical (unpaired) electrons. The van der Waals surface area contributed by atoms with Crippen molar-refractivity contribution in [2.75, 3.05) is 12.4 Å². The van der Waals surface area contributed by atoms with Crippen LogP contribution in [0.2, 0.25) is 0 Å². The Balaban J connectivity index is 1.55. The highest BCUT2D eigenvalue weighted by atomic mass is 32.1. The summed E-state index contributed by atoms with van der Waals surface area (Å²) in [6.45, 7) is 1.91.